The van der Waals surface area contributed by atoms with E-state index in [9.17, 15) is 4.79 Å². The van der Waals surface area contributed by atoms with Crippen LogP contribution in [0.4, 0.5) is 0 Å². The lowest BCUT2D eigenvalue weighted by Crippen LogP contribution is -2.37. The molecule has 6 heteroatoms. The molecule has 5 nitrogen and oxygen atoms in total. The van der Waals surface area contributed by atoms with Crippen molar-refractivity contribution in [2.75, 3.05) is 33.2 Å². The Labute approximate surface area is 222 Å². The molecule has 2 atom stereocenters. The number of likely N-dealkylation sites (N-methyl/N-ethyl adjacent to an activating group) is 1. The quantitative estimate of drug-likeness (QED) is 0.321. The largest absolute Gasteiger partial charge is 0.380 e. The summed E-state index contributed by atoms with van der Waals surface area (Å²) in [5.41, 5.74) is 6.16. The monoisotopic (exact) mass is 510 g/mol. The van der Waals surface area contributed by atoms with Crippen molar-refractivity contribution in [3.05, 3.63) is 81.0 Å². The van der Waals surface area contributed by atoms with Gasteiger partial charge in [-0.25, -0.2) is 0 Å². The number of hydrogen-bond acceptors (Lipinski definition) is 4. The van der Waals surface area contributed by atoms with Gasteiger partial charge in [0, 0.05) is 42.0 Å². The number of amides is 1. The number of aryl methyl sites for hydroxylation is 3. The third-order valence-electron chi connectivity index (χ3n) is 6.98. The minimum Gasteiger partial charge on any atom is -0.380 e. The molecule has 2 aromatic rings. The average molecular weight is 511 g/mol. The lowest BCUT2D eigenvalue weighted by Gasteiger charge is -2.24. The second-order valence-electron chi connectivity index (χ2n) is 10.2. The van der Waals surface area contributed by atoms with Crippen LogP contribution in [0.5, 0.6) is 0 Å². The number of allylic oxidation sites excluding steroid dienone is 1. The number of halogens is 1. The molecule has 0 aromatic heterocycles. The Kier molecular flexibility index (Phi) is 10.8. The Hall–Kier alpha value is -2.34. The molecule has 0 saturated carbocycles. The highest BCUT2D eigenvalue weighted by Gasteiger charge is 2.20. The highest BCUT2D eigenvalue weighted by Crippen LogP contribution is 2.23. The first-order valence-electron chi connectivity index (χ1n) is 13.3. The van der Waals surface area contributed by atoms with E-state index in [1.54, 1.807) is 0 Å². The zero-order chi connectivity index (χ0) is 26.1. The summed E-state index contributed by atoms with van der Waals surface area (Å²) in [5, 5.41) is 11.3. The lowest BCUT2D eigenvalue weighted by molar-refractivity contribution is 0.0949. The first-order valence-corrected chi connectivity index (χ1v) is 13.6. The second kappa shape index (κ2) is 13.8. The SMILES string of the molecule is CCC=C(CCNC[C@H]1CCCN1C)N[C@@H](CNC(=O)c1cc(C)cc(C)c1)c1ccc(C)c(Cl)c1. The van der Waals surface area contributed by atoms with E-state index in [0.29, 0.717) is 18.2 Å². The van der Waals surface area contributed by atoms with Gasteiger partial charge in [-0.2, -0.15) is 0 Å². The molecular formula is C30H43ClN4O. The van der Waals surface area contributed by atoms with Crippen molar-refractivity contribution in [3.8, 4) is 0 Å². The molecule has 0 unspecified atom stereocenters. The number of nitrogens with one attached hydrogen (secondary N) is 3. The average Bonchev–Trinajstić information content (AvgIpc) is 3.24. The molecule has 0 bridgehead atoms. The van der Waals surface area contributed by atoms with Crippen molar-refractivity contribution in [1.82, 2.24) is 20.9 Å². The van der Waals surface area contributed by atoms with E-state index in [-0.39, 0.29) is 11.9 Å². The van der Waals surface area contributed by atoms with Crippen molar-refractivity contribution in [3.63, 3.8) is 0 Å². The molecule has 0 radical (unpaired) electrons. The molecule has 196 valence electrons. The van der Waals surface area contributed by atoms with E-state index in [0.717, 1.165) is 53.2 Å². The number of benzene rings is 2. The van der Waals surface area contributed by atoms with Gasteiger partial charge in [-0.3, -0.25) is 4.79 Å². The van der Waals surface area contributed by atoms with Crippen LogP contribution in [0.25, 0.3) is 0 Å². The van der Waals surface area contributed by atoms with Crippen molar-refractivity contribution in [2.45, 2.75) is 65.5 Å². The summed E-state index contributed by atoms with van der Waals surface area (Å²) in [6.07, 6.45) is 6.67. The molecule has 0 aliphatic carbocycles. The molecule has 3 rings (SSSR count). The molecule has 1 heterocycles. The summed E-state index contributed by atoms with van der Waals surface area (Å²) in [6.45, 7) is 11.8. The summed E-state index contributed by atoms with van der Waals surface area (Å²) >= 11 is 6.48. The van der Waals surface area contributed by atoms with Crippen LogP contribution in [0.2, 0.25) is 5.02 Å². The van der Waals surface area contributed by atoms with Gasteiger partial charge in [0.1, 0.15) is 0 Å². The molecule has 1 amide bonds. The van der Waals surface area contributed by atoms with E-state index in [1.807, 2.05) is 45.0 Å². The summed E-state index contributed by atoms with van der Waals surface area (Å²) in [5.74, 6) is -0.0600. The summed E-state index contributed by atoms with van der Waals surface area (Å²) in [6, 6.07) is 12.6. The highest BCUT2D eigenvalue weighted by atomic mass is 35.5. The zero-order valence-electron chi connectivity index (χ0n) is 22.6. The van der Waals surface area contributed by atoms with E-state index in [2.05, 4.69) is 53.0 Å². The summed E-state index contributed by atoms with van der Waals surface area (Å²) in [4.78, 5) is 15.4. The van der Waals surface area contributed by atoms with Crippen LogP contribution in [0, 0.1) is 20.8 Å². The predicted molar refractivity (Wildman–Crippen MR) is 152 cm³/mol. The van der Waals surface area contributed by atoms with E-state index < -0.39 is 0 Å². The van der Waals surface area contributed by atoms with Gasteiger partial charge in [0.05, 0.1) is 6.04 Å². The summed E-state index contributed by atoms with van der Waals surface area (Å²) < 4.78 is 0. The second-order valence-corrected chi connectivity index (χ2v) is 10.6. The minimum atomic E-state index is -0.0864. The molecule has 1 fully saturated rings. The fraction of sp³-hybridized carbons (Fsp3) is 0.500. The topological polar surface area (TPSA) is 56.4 Å². The molecule has 1 saturated heterocycles. The molecular weight excluding hydrogens is 468 g/mol. The normalized spacial score (nSPS) is 17.3. The van der Waals surface area contributed by atoms with Gasteiger partial charge >= 0.3 is 0 Å². The van der Waals surface area contributed by atoms with Gasteiger partial charge in [-0.05, 0) is 89.4 Å². The smallest absolute Gasteiger partial charge is 0.251 e. The number of nitrogens with zero attached hydrogens (tertiary/aromatic N) is 1. The number of rotatable bonds is 12. The van der Waals surface area contributed by atoms with Crippen LogP contribution >= 0.6 is 11.6 Å². The first kappa shape index (κ1) is 28.2. The van der Waals surface area contributed by atoms with Gasteiger partial charge in [0.15, 0.2) is 0 Å². The molecule has 1 aliphatic heterocycles. The maximum atomic E-state index is 13.0. The third-order valence-corrected chi connectivity index (χ3v) is 7.39. The van der Waals surface area contributed by atoms with Gasteiger partial charge < -0.3 is 20.9 Å². The Bertz CT molecular complexity index is 1030. The molecule has 1 aliphatic rings. The predicted octanol–water partition coefficient (Wildman–Crippen LogP) is 5.69. The van der Waals surface area contributed by atoms with E-state index in [1.165, 1.54) is 25.1 Å². The fourth-order valence-corrected chi connectivity index (χ4v) is 5.10. The Morgan fingerprint density at radius 3 is 2.56 bits per heavy atom. The number of carbonyl (C=O) groups excluding carboxylic acids is 1. The third kappa shape index (κ3) is 8.36. The lowest BCUT2D eigenvalue weighted by atomic mass is 10.0. The van der Waals surface area contributed by atoms with Crippen LogP contribution in [-0.2, 0) is 0 Å². The highest BCUT2D eigenvalue weighted by molar-refractivity contribution is 6.31. The number of hydrogen-bond donors (Lipinski definition) is 3. The minimum absolute atomic E-state index is 0.0600. The summed E-state index contributed by atoms with van der Waals surface area (Å²) in [7, 11) is 2.22. The molecule has 2 aromatic carbocycles. The maximum Gasteiger partial charge on any atom is 0.251 e. The zero-order valence-corrected chi connectivity index (χ0v) is 23.3. The fourth-order valence-electron chi connectivity index (χ4n) is 4.91. The standard InChI is InChI=1S/C30H43ClN4O/c1-6-8-26(12-13-32-19-27-9-7-14-35(27)5)34-29(24-11-10-23(4)28(31)18-24)20-33-30(36)25-16-21(2)15-22(3)17-25/h8,10-11,15-18,27,29,32,34H,6-7,9,12-14,19-20H2,1-5H3,(H,33,36)/t27-,29+/m1/s1. The molecule has 3 N–H and O–H groups in total. The van der Waals surface area contributed by atoms with Gasteiger partial charge in [0.25, 0.3) is 5.91 Å². The van der Waals surface area contributed by atoms with Crippen LogP contribution < -0.4 is 16.0 Å². The number of likely N-dealkylation sites (tertiary alicyclic amines) is 1. The molecule has 0 spiro atoms. The van der Waals surface area contributed by atoms with Crippen molar-refractivity contribution in [1.29, 1.82) is 0 Å². The number of carbonyl (C=O) groups is 1. The van der Waals surface area contributed by atoms with Gasteiger partial charge in [-0.1, -0.05) is 53.9 Å². The Morgan fingerprint density at radius 2 is 1.92 bits per heavy atom. The van der Waals surface area contributed by atoms with Gasteiger partial charge in [-0.15, -0.1) is 0 Å². The van der Waals surface area contributed by atoms with Crippen LogP contribution in [0.1, 0.15) is 71.3 Å². The molecule has 36 heavy (non-hydrogen) atoms. The van der Waals surface area contributed by atoms with Crippen molar-refractivity contribution >= 4 is 17.5 Å². The van der Waals surface area contributed by atoms with Crippen molar-refractivity contribution < 1.29 is 4.79 Å². The Morgan fingerprint density at radius 1 is 1.17 bits per heavy atom. The van der Waals surface area contributed by atoms with Crippen LogP contribution in [0.3, 0.4) is 0 Å². The van der Waals surface area contributed by atoms with Crippen LogP contribution in [-0.4, -0.2) is 50.1 Å². The van der Waals surface area contributed by atoms with Gasteiger partial charge in [0.2, 0.25) is 0 Å². The Balaban J connectivity index is 1.67. The maximum absolute atomic E-state index is 13.0. The van der Waals surface area contributed by atoms with E-state index in [4.69, 9.17) is 11.6 Å². The first-order chi connectivity index (χ1) is 17.3. The van der Waals surface area contributed by atoms with E-state index >= 15 is 0 Å². The van der Waals surface area contributed by atoms with Crippen LogP contribution in [0.15, 0.2) is 48.2 Å². The van der Waals surface area contributed by atoms with Crippen molar-refractivity contribution in [2.24, 2.45) is 0 Å².